The van der Waals surface area contributed by atoms with Crippen molar-refractivity contribution in [1.82, 2.24) is 10.6 Å². The maximum absolute atomic E-state index is 13.0. The summed E-state index contributed by atoms with van der Waals surface area (Å²) in [5, 5.41) is 6.75. The Hall–Kier alpha value is -2.07. The van der Waals surface area contributed by atoms with Gasteiger partial charge in [0.1, 0.15) is 25.0 Å². The van der Waals surface area contributed by atoms with Crippen molar-refractivity contribution in [2.24, 2.45) is 5.92 Å². The predicted molar refractivity (Wildman–Crippen MR) is 151 cm³/mol. The first-order valence-corrected chi connectivity index (χ1v) is 15.6. The molecule has 206 valence electrons. The van der Waals surface area contributed by atoms with E-state index in [4.69, 9.17) is 9.47 Å². The van der Waals surface area contributed by atoms with E-state index in [0.29, 0.717) is 31.7 Å². The van der Waals surface area contributed by atoms with Crippen LogP contribution >= 0.6 is 21.6 Å². The maximum atomic E-state index is 13.0. The van der Waals surface area contributed by atoms with Crippen LogP contribution in [0.1, 0.15) is 58.4 Å². The van der Waals surface area contributed by atoms with Gasteiger partial charge in [0.2, 0.25) is 11.8 Å². The molecule has 2 aliphatic rings. The number of ether oxygens (including phenoxy) is 2. The molecule has 3 rings (SSSR count). The molecule has 0 spiro atoms. The van der Waals surface area contributed by atoms with Gasteiger partial charge >= 0.3 is 5.97 Å². The summed E-state index contributed by atoms with van der Waals surface area (Å²) >= 11 is 0. The number of benzene rings is 1. The fourth-order valence-corrected chi connectivity index (χ4v) is 7.83. The molecule has 1 aromatic carbocycles. The number of nitrogens with one attached hydrogen (secondary N) is 2. The molecule has 2 aliphatic heterocycles. The highest BCUT2D eigenvalue weighted by Crippen LogP contribution is 2.39. The number of carbonyl (C=O) groups excluding carboxylic acids is 3. The van der Waals surface area contributed by atoms with Crippen molar-refractivity contribution < 1.29 is 23.9 Å². The number of fused-ring (bicyclic) bond motifs is 1. The standard InChI is InChI=1S/C27H41N3O5S2/c1-18(2)26-27(33)29-21(17-35-19(3)31)15-20-9-10-22(16-24(20)30(26)4)34-13-12-28-25(32)8-6-5-7-23-11-14-36-37-23/h9-10,16,18,21,23,26H,5-8,11-15,17H2,1-4H3,(H,28,32)(H,29,33)/t21-,23?,26-/m0/s1. The van der Waals surface area contributed by atoms with Crippen LogP contribution < -0.4 is 20.3 Å². The molecule has 1 saturated heterocycles. The second-order valence-corrected chi connectivity index (χ2v) is 12.9. The van der Waals surface area contributed by atoms with Crippen LogP contribution in [0.25, 0.3) is 0 Å². The molecule has 0 aromatic heterocycles. The molecule has 1 fully saturated rings. The molecule has 3 atom stereocenters. The van der Waals surface area contributed by atoms with Crippen molar-refractivity contribution in [3.05, 3.63) is 23.8 Å². The van der Waals surface area contributed by atoms with Crippen LogP contribution in [-0.2, 0) is 25.5 Å². The topological polar surface area (TPSA) is 97.0 Å². The van der Waals surface area contributed by atoms with E-state index < -0.39 is 0 Å². The molecule has 8 nitrogen and oxygen atoms in total. The molecule has 10 heteroatoms. The molecule has 0 bridgehead atoms. The molecule has 2 N–H and O–H groups in total. The van der Waals surface area contributed by atoms with Gasteiger partial charge in [-0.15, -0.1) is 0 Å². The lowest BCUT2D eigenvalue weighted by atomic mass is 9.95. The number of anilines is 1. The highest BCUT2D eigenvalue weighted by Gasteiger charge is 2.33. The molecule has 1 aromatic rings. The van der Waals surface area contributed by atoms with E-state index in [1.165, 1.54) is 25.5 Å². The van der Waals surface area contributed by atoms with Crippen molar-refractivity contribution in [3.63, 3.8) is 0 Å². The monoisotopic (exact) mass is 551 g/mol. The number of rotatable bonds is 12. The lowest BCUT2D eigenvalue weighted by molar-refractivity contribution is -0.142. The van der Waals surface area contributed by atoms with Crippen LogP contribution in [0, 0.1) is 5.92 Å². The summed E-state index contributed by atoms with van der Waals surface area (Å²) in [5.74, 6) is 1.62. The molecule has 37 heavy (non-hydrogen) atoms. The number of likely N-dealkylation sites (N-methyl/N-ethyl adjacent to an activating group) is 1. The second-order valence-electron chi connectivity index (χ2n) is 10.1. The normalized spacial score (nSPS) is 21.6. The van der Waals surface area contributed by atoms with Gasteiger partial charge in [0.15, 0.2) is 0 Å². The van der Waals surface area contributed by atoms with Gasteiger partial charge in [-0.05, 0) is 43.2 Å². The summed E-state index contributed by atoms with van der Waals surface area (Å²) in [4.78, 5) is 38.5. The second kappa shape index (κ2) is 14.8. The van der Waals surface area contributed by atoms with Gasteiger partial charge in [-0.1, -0.05) is 47.9 Å². The first kappa shape index (κ1) is 29.5. The minimum atomic E-state index is -0.376. The van der Waals surface area contributed by atoms with E-state index in [1.807, 2.05) is 65.6 Å². The SMILES string of the molecule is CC(=O)OC[C@@H]1Cc2ccc(OCCNC(=O)CCCCC3CCSS3)cc2N(C)[C@@H](C(C)C)C(=O)N1. The fraction of sp³-hybridized carbons (Fsp3) is 0.667. The lowest BCUT2D eigenvalue weighted by Gasteiger charge is -2.37. The largest absolute Gasteiger partial charge is 0.492 e. The molecular formula is C27H41N3O5S2. The molecule has 2 amide bonds. The van der Waals surface area contributed by atoms with Crippen LogP contribution in [-0.4, -0.2) is 67.7 Å². The van der Waals surface area contributed by atoms with Crippen molar-refractivity contribution in [2.75, 3.05) is 37.5 Å². The third kappa shape index (κ3) is 9.32. The summed E-state index contributed by atoms with van der Waals surface area (Å²) < 4.78 is 11.1. The summed E-state index contributed by atoms with van der Waals surface area (Å²) in [6, 6.07) is 5.18. The summed E-state index contributed by atoms with van der Waals surface area (Å²) in [6.07, 6.45) is 5.61. The van der Waals surface area contributed by atoms with Crippen molar-refractivity contribution >= 4 is 45.1 Å². The molecule has 0 saturated carbocycles. The van der Waals surface area contributed by atoms with Gasteiger partial charge in [-0.3, -0.25) is 14.4 Å². The minimum absolute atomic E-state index is 0.0690. The smallest absolute Gasteiger partial charge is 0.302 e. The van der Waals surface area contributed by atoms with Gasteiger partial charge in [0.05, 0.1) is 12.6 Å². The van der Waals surface area contributed by atoms with Crippen molar-refractivity contribution in [3.8, 4) is 5.75 Å². The average Bonchev–Trinajstić information content (AvgIpc) is 3.36. The van der Waals surface area contributed by atoms with Crippen LogP contribution in [0.5, 0.6) is 5.75 Å². The Morgan fingerprint density at radius 1 is 1.27 bits per heavy atom. The van der Waals surface area contributed by atoms with Crippen LogP contribution in [0.4, 0.5) is 5.69 Å². The highest BCUT2D eigenvalue weighted by atomic mass is 33.1. The zero-order valence-electron chi connectivity index (χ0n) is 22.4. The molecule has 0 aliphatic carbocycles. The van der Waals surface area contributed by atoms with Gasteiger partial charge in [0, 0.05) is 43.1 Å². The number of unbranched alkanes of at least 4 members (excludes halogenated alkanes) is 1. The van der Waals surface area contributed by atoms with E-state index in [1.54, 1.807) is 0 Å². The first-order chi connectivity index (χ1) is 17.7. The number of carbonyl (C=O) groups is 3. The maximum Gasteiger partial charge on any atom is 0.302 e. The molecule has 0 radical (unpaired) electrons. The summed E-state index contributed by atoms with van der Waals surface area (Å²) in [7, 11) is 5.87. The fourth-order valence-electron chi connectivity index (χ4n) is 4.80. The van der Waals surface area contributed by atoms with Crippen LogP contribution in [0.15, 0.2) is 18.2 Å². The quantitative estimate of drug-likeness (QED) is 0.229. The van der Waals surface area contributed by atoms with Gasteiger partial charge in [-0.2, -0.15) is 0 Å². The molecular weight excluding hydrogens is 510 g/mol. The molecule has 1 unspecified atom stereocenters. The van der Waals surface area contributed by atoms with Crippen molar-refractivity contribution in [1.29, 1.82) is 0 Å². The predicted octanol–water partition coefficient (Wildman–Crippen LogP) is 3.96. The molecule has 2 heterocycles. The van der Waals surface area contributed by atoms with Gasteiger partial charge in [0.25, 0.3) is 0 Å². The number of amides is 2. The lowest BCUT2D eigenvalue weighted by Crippen LogP contribution is -2.54. The minimum Gasteiger partial charge on any atom is -0.492 e. The van der Waals surface area contributed by atoms with E-state index in [0.717, 1.165) is 29.3 Å². The zero-order chi connectivity index (χ0) is 26.8. The number of esters is 1. The number of hydrogen-bond donors (Lipinski definition) is 2. The first-order valence-electron chi connectivity index (χ1n) is 13.2. The van der Waals surface area contributed by atoms with E-state index in [2.05, 4.69) is 10.6 Å². The Kier molecular flexibility index (Phi) is 11.8. The van der Waals surface area contributed by atoms with Gasteiger partial charge in [-0.25, -0.2) is 0 Å². The van der Waals surface area contributed by atoms with Gasteiger partial charge < -0.3 is 25.0 Å². The summed E-state index contributed by atoms with van der Waals surface area (Å²) in [5.41, 5.74) is 1.96. The number of hydrogen-bond acceptors (Lipinski definition) is 8. The zero-order valence-corrected chi connectivity index (χ0v) is 24.1. The van der Waals surface area contributed by atoms with Crippen molar-refractivity contribution in [2.45, 2.75) is 76.6 Å². The number of nitrogens with zero attached hydrogens (tertiary/aromatic N) is 1. The van der Waals surface area contributed by atoms with E-state index in [-0.39, 0.29) is 42.4 Å². The van der Waals surface area contributed by atoms with Crippen LogP contribution in [0.2, 0.25) is 0 Å². The Bertz CT molecular complexity index is 923. The van der Waals surface area contributed by atoms with Crippen LogP contribution in [0.3, 0.4) is 0 Å². The van der Waals surface area contributed by atoms with E-state index >= 15 is 0 Å². The Labute approximate surface area is 228 Å². The van der Waals surface area contributed by atoms with E-state index in [9.17, 15) is 14.4 Å². The Balaban J connectivity index is 1.52. The Morgan fingerprint density at radius 2 is 2.08 bits per heavy atom. The summed E-state index contributed by atoms with van der Waals surface area (Å²) in [6.45, 7) is 6.34. The third-order valence-electron chi connectivity index (χ3n) is 6.65. The highest BCUT2D eigenvalue weighted by molar-refractivity contribution is 8.77. The average molecular weight is 552 g/mol. The Morgan fingerprint density at radius 3 is 2.78 bits per heavy atom. The third-order valence-corrected chi connectivity index (χ3v) is 9.66.